The Balaban J connectivity index is 0.000000617. The Morgan fingerprint density at radius 1 is 1.36 bits per heavy atom. The van der Waals surface area contributed by atoms with E-state index in [4.69, 9.17) is 4.74 Å². The Hall–Kier alpha value is -0.570. The van der Waals surface area contributed by atoms with Crippen LogP contribution in [0.15, 0.2) is 0 Å². The van der Waals surface area contributed by atoms with Crippen LogP contribution >= 0.6 is 0 Å². The van der Waals surface area contributed by atoms with E-state index in [0.717, 1.165) is 12.8 Å². The summed E-state index contributed by atoms with van der Waals surface area (Å²) in [5, 5.41) is 0. The van der Waals surface area contributed by atoms with Crippen molar-refractivity contribution in [1.82, 2.24) is 4.90 Å². The predicted molar refractivity (Wildman–Crippen MR) is 57.9 cm³/mol. The first kappa shape index (κ1) is 11.5. The van der Waals surface area contributed by atoms with E-state index in [1.165, 1.54) is 0 Å². The summed E-state index contributed by atoms with van der Waals surface area (Å²) in [6.07, 6.45) is 2.19. The number of ether oxygens (including phenoxy) is 1. The van der Waals surface area contributed by atoms with Crippen molar-refractivity contribution in [2.24, 2.45) is 5.92 Å². The van der Waals surface area contributed by atoms with Gasteiger partial charge in [-0.15, -0.1) is 0 Å². The molecule has 2 aliphatic heterocycles. The van der Waals surface area contributed by atoms with Gasteiger partial charge in [0, 0.05) is 7.47 Å². The van der Waals surface area contributed by atoms with Crippen LogP contribution in [-0.2, 0) is 9.53 Å². The van der Waals surface area contributed by atoms with Gasteiger partial charge in [0.2, 0.25) is 5.91 Å². The molecule has 1 amide bonds. The molecule has 0 aromatic carbocycles. The van der Waals surface area contributed by atoms with Gasteiger partial charge < -0.3 is 9.64 Å². The fourth-order valence-electron chi connectivity index (χ4n) is 2.05. The van der Waals surface area contributed by atoms with E-state index in [1.807, 2.05) is 25.7 Å². The highest BCUT2D eigenvalue weighted by molar-refractivity contribution is 5.80. The average molecular weight is 201 g/mol. The van der Waals surface area contributed by atoms with Gasteiger partial charge in [-0.2, -0.15) is 0 Å². The van der Waals surface area contributed by atoms with Crippen LogP contribution in [0.4, 0.5) is 0 Å². The molecule has 0 aromatic rings. The number of amides is 1. The van der Waals surface area contributed by atoms with Gasteiger partial charge in [-0.05, 0) is 19.8 Å². The number of fused-ring (bicyclic) bond motifs is 1. The fourth-order valence-corrected chi connectivity index (χ4v) is 2.05. The maximum atomic E-state index is 11.7. The smallest absolute Gasteiger partial charge is 0.230 e. The monoisotopic (exact) mass is 201 g/mol. The number of carbonyl (C=O) groups is 1. The molecule has 14 heavy (non-hydrogen) atoms. The molecule has 2 rings (SSSR count). The summed E-state index contributed by atoms with van der Waals surface area (Å²) < 4.78 is 5.56. The molecule has 84 valence electrons. The first-order valence-electron chi connectivity index (χ1n) is 5.64. The molecular formula is C11H23NO2. The number of hydrogen-bond donors (Lipinski definition) is 0. The second kappa shape index (κ2) is 4.78. The van der Waals surface area contributed by atoms with Gasteiger partial charge in [-0.25, -0.2) is 0 Å². The Kier molecular flexibility index (Phi) is 3.93. The quantitative estimate of drug-likeness (QED) is 0.601. The van der Waals surface area contributed by atoms with Crippen LogP contribution in [0.1, 0.15) is 42.0 Å². The van der Waals surface area contributed by atoms with Crippen molar-refractivity contribution in [3.63, 3.8) is 0 Å². The van der Waals surface area contributed by atoms with Crippen molar-refractivity contribution in [3.05, 3.63) is 0 Å². The van der Waals surface area contributed by atoms with Crippen LogP contribution in [0.5, 0.6) is 0 Å². The van der Waals surface area contributed by atoms with Crippen molar-refractivity contribution >= 4 is 5.91 Å². The fraction of sp³-hybridized carbons (Fsp3) is 0.909. The molecule has 0 N–H and O–H groups in total. The second-order valence-corrected chi connectivity index (χ2v) is 3.86. The zero-order chi connectivity index (χ0) is 10.7. The summed E-state index contributed by atoms with van der Waals surface area (Å²) in [5.74, 6) is 0.332. The van der Waals surface area contributed by atoms with Crippen LogP contribution in [0.2, 0.25) is 0 Å². The van der Waals surface area contributed by atoms with Crippen molar-refractivity contribution in [3.8, 4) is 0 Å². The lowest BCUT2D eigenvalue weighted by Gasteiger charge is -2.35. The average Bonchev–Trinajstić information content (AvgIpc) is 2.58. The number of rotatable bonds is 0. The minimum absolute atomic E-state index is 0. The number of nitrogens with zero attached hydrogens (tertiary/aromatic N) is 1. The third kappa shape index (κ3) is 1.92. The van der Waals surface area contributed by atoms with E-state index in [9.17, 15) is 4.79 Å². The molecule has 0 spiro atoms. The Morgan fingerprint density at radius 2 is 2.00 bits per heavy atom. The zero-order valence-corrected chi connectivity index (χ0v) is 9.62. The molecule has 0 aromatic heterocycles. The van der Waals surface area contributed by atoms with E-state index < -0.39 is 0 Å². The lowest BCUT2D eigenvalue weighted by molar-refractivity contribution is -0.166. The molecule has 0 bridgehead atoms. The number of carbonyl (C=O) groups excluding carboxylic acids is 1. The highest BCUT2D eigenvalue weighted by Gasteiger charge is 2.40. The summed E-state index contributed by atoms with van der Waals surface area (Å²) in [6.45, 7) is 8.63. The van der Waals surface area contributed by atoms with Crippen molar-refractivity contribution in [2.75, 3.05) is 6.61 Å². The van der Waals surface area contributed by atoms with Gasteiger partial charge in [-0.1, -0.05) is 20.8 Å². The highest BCUT2D eigenvalue weighted by Crippen LogP contribution is 2.30. The van der Waals surface area contributed by atoms with Crippen LogP contribution in [0, 0.1) is 5.92 Å². The summed E-state index contributed by atoms with van der Waals surface area (Å²) in [6, 6.07) is 0.380. The highest BCUT2D eigenvalue weighted by atomic mass is 16.5. The maximum Gasteiger partial charge on any atom is 0.230 e. The lowest BCUT2D eigenvalue weighted by atomic mass is 10.1. The van der Waals surface area contributed by atoms with Gasteiger partial charge in [0.05, 0.1) is 12.5 Å². The molecular weight excluding hydrogens is 178 g/mol. The summed E-state index contributed by atoms with van der Waals surface area (Å²) in [4.78, 5) is 13.6. The molecule has 0 radical (unpaired) electrons. The van der Waals surface area contributed by atoms with Gasteiger partial charge >= 0.3 is 0 Å². The summed E-state index contributed by atoms with van der Waals surface area (Å²) in [5.41, 5.74) is 0. The largest absolute Gasteiger partial charge is 0.357 e. The third-order valence-corrected chi connectivity index (χ3v) is 2.83. The predicted octanol–water partition coefficient (Wildman–Crippen LogP) is 2.26. The maximum absolute atomic E-state index is 11.7. The van der Waals surface area contributed by atoms with Gasteiger partial charge in [0.1, 0.15) is 6.23 Å². The van der Waals surface area contributed by atoms with Crippen molar-refractivity contribution in [2.45, 2.75) is 52.8 Å². The van der Waals surface area contributed by atoms with Crippen LogP contribution in [-0.4, -0.2) is 29.7 Å². The van der Waals surface area contributed by atoms with E-state index in [2.05, 4.69) is 6.92 Å². The Bertz CT molecular complexity index is 211. The molecule has 2 aliphatic rings. The second-order valence-electron chi connectivity index (χ2n) is 3.86. The van der Waals surface area contributed by atoms with E-state index in [-0.39, 0.29) is 19.5 Å². The van der Waals surface area contributed by atoms with Gasteiger partial charge in [0.25, 0.3) is 0 Å². The molecule has 0 aliphatic carbocycles. The van der Waals surface area contributed by atoms with Crippen LogP contribution in [0.3, 0.4) is 0 Å². The SMILES string of the molecule is CC.C[C@@H]1CCC2OC[C@H](C)C(=O)N21.[HH]. The molecule has 3 nitrogen and oxygen atoms in total. The van der Waals surface area contributed by atoms with Crippen LogP contribution in [0.25, 0.3) is 0 Å². The Morgan fingerprint density at radius 3 is 2.64 bits per heavy atom. The molecule has 2 fully saturated rings. The van der Waals surface area contributed by atoms with Crippen molar-refractivity contribution < 1.29 is 11.0 Å². The topological polar surface area (TPSA) is 29.5 Å². The third-order valence-electron chi connectivity index (χ3n) is 2.83. The normalized spacial score (nSPS) is 36.1. The van der Waals surface area contributed by atoms with E-state index in [0.29, 0.717) is 12.6 Å². The first-order valence-corrected chi connectivity index (χ1v) is 5.64. The first-order chi connectivity index (χ1) is 6.70. The molecule has 3 heteroatoms. The molecule has 1 unspecified atom stereocenters. The molecule has 0 saturated carbocycles. The lowest BCUT2D eigenvalue weighted by Crippen LogP contribution is -2.49. The van der Waals surface area contributed by atoms with E-state index in [1.54, 1.807) is 0 Å². The molecule has 3 atom stereocenters. The number of hydrogen-bond acceptors (Lipinski definition) is 2. The Labute approximate surface area is 87.9 Å². The minimum Gasteiger partial charge on any atom is -0.357 e. The molecule has 2 saturated heterocycles. The van der Waals surface area contributed by atoms with Crippen LogP contribution < -0.4 is 0 Å². The zero-order valence-electron chi connectivity index (χ0n) is 9.62. The minimum atomic E-state index is 0. The summed E-state index contributed by atoms with van der Waals surface area (Å²) >= 11 is 0. The van der Waals surface area contributed by atoms with E-state index >= 15 is 0 Å². The standard InChI is InChI=1S/C9H15NO2.C2H6.H2/c1-6-5-12-8-4-3-7(2)10(8)9(6)11;1-2;/h6-8H,3-5H2,1-2H3;1-2H3;1H/t6-,7+,8?;;/m0../s1. The summed E-state index contributed by atoms with van der Waals surface area (Å²) in [7, 11) is 0. The van der Waals surface area contributed by atoms with Gasteiger partial charge in [0.15, 0.2) is 0 Å². The van der Waals surface area contributed by atoms with Gasteiger partial charge in [-0.3, -0.25) is 4.79 Å². The van der Waals surface area contributed by atoms with Crippen molar-refractivity contribution in [1.29, 1.82) is 0 Å². The molecule has 2 heterocycles.